The summed E-state index contributed by atoms with van der Waals surface area (Å²) < 4.78 is 0. The van der Waals surface area contributed by atoms with E-state index in [0.29, 0.717) is 5.57 Å². The van der Waals surface area contributed by atoms with E-state index in [9.17, 15) is 4.79 Å². The Morgan fingerprint density at radius 2 is 2.67 bits per heavy atom. The van der Waals surface area contributed by atoms with Crippen LogP contribution in [0.3, 0.4) is 0 Å². The van der Waals surface area contributed by atoms with Crippen LogP contribution in [0.5, 0.6) is 0 Å². The van der Waals surface area contributed by atoms with Gasteiger partial charge in [0.25, 0.3) is 0 Å². The van der Waals surface area contributed by atoms with Crippen molar-refractivity contribution in [3.05, 3.63) is 5.57 Å². The Morgan fingerprint density at radius 1 is 1.89 bits per heavy atom. The molecule has 0 aromatic carbocycles. The van der Waals surface area contributed by atoms with E-state index in [1.807, 2.05) is 5.94 Å². The largest absolute Gasteiger partial charge is 0.394 e. The number of aliphatic hydroxyl groups is 1. The second-order valence-electron chi connectivity index (χ2n) is 2.07. The third-order valence-electron chi connectivity index (χ3n) is 1.52. The van der Waals surface area contributed by atoms with Crippen LogP contribution < -0.4 is 5.32 Å². The summed E-state index contributed by atoms with van der Waals surface area (Å²) in [6.45, 7) is 0.792. The number of carbonyl (C=O) groups excluding carboxylic acids is 1. The van der Waals surface area contributed by atoms with Crippen LogP contribution in [0.2, 0.25) is 0 Å². The Bertz CT molecular complexity index is 149. The molecule has 1 aliphatic rings. The molecule has 0 radical (unpaired) electrons. The predicted molar refractivity (Wildman–Crippen MR) is 32.7 cm³/mol. The van der Waals surface area contributed by atoms with Gasteiger partial charge in [-0.2, -0.15) is 0 Å². The van der Waals surface area contributed by atoms with Crippen molar-refractivity contribution in [1.82, 2.24) is 5.32 Å². The third kappa shape index (κ3) is 1.19. The van der Waals surface area contributed by atoms with Gasteiger partial charge in [0.05, 0.1) is 12.6 Å². The molecular weight excluding hydrogens is 118 g/mol. The first kappa shape index (κ1) is 6.49. The van der Waals surface area contributed by atoms with Crippen molar-refractivity contribution in [2.45, 2.75) is 12.5 Å². The molecule has 3 heteroatoms. The lowest BCUT2D eigenvalue weighted by Gasteiger charge is -2.02. The summed E-state index contributed by atoms with van der Waals surface area (Å²) in [4.78, 5) is 10.1. The molecule has 3 nitrogen and oxygen atoms in total. The standard InChI is InChI=1S/C6H9NO2/c8-3-5-1-2-7-6(5)4-9/h6-7,9H,1-2,4H2. The molecule has 0 aliphatic carbocycles. The Balaban J connectivity index is 2.62. The number of hydrogen-bond acceptors (Lipinski definition) is 3. The maximum atomic E-state index is 10.1. The zero-order chi connectivity index (χ0) is 6.69. The zero-order valence-electron chi connectivity index (χ0n) is 5.05. The van der Waals surface area contributed by atoms with E-state index in [1.165, 1.54) is 0 Å². The van der Waals surface area contributed by atoms with Crippen LogP contribution in [-0.4, -0.2) is 30.2 Å². The van der Waals surface area contributed by atoms with Crippen molar-refractivity contribution >= 4 is 5.94 Å². The highest BCUT2D eigenvalue weighted by Crippen LogP contribution is 2.08. The molecule has 1 saturated heterocycles. The smallest absolute Gasteiger partial charge is 0.125 e. The molecule has 1 atom stereocenters. The molecule has 0 saturated carbocycles. The summed E-state index contributed by atoms with van der Waals surface area (Å²) in [6, 6.07) is -0.123. The van der Waals surface area contributed by atoms with Gasteiger partial charge in [-0.3, -0.25) is 0 Å². The fraction of sp³-hybridized carbons (Fsp3) is 0.667. The second kappa shape index (κ2) is 2.78. The lowest BCUT2D eigenvalue weighted by atomic mass is 10.1. The maximum absolute atomic E-state index is 10.1. The van der Waals surface area contributed by atoms with Gasteiger partial charge in [0.1, 0.15) is 5.94 Å². The number of nitrogens with one attached hydrogen (secondary N) is 1. The molecule has 50 valence electrons. The number of hydrogen-bond donors (Lipinski definition) is 2. The first-order valence-corrected chi connectivity index (χ1v) is 2.96. The molecule has 0 spiro atoms. The quantitative estimate of drug-likeness (QED) is 0.449. The van der Waals surface area contributed by atoms with Crippen LogP contribution in [0.15, 0.2) is 5.57 Å². The fourth-order valence-corrected chi connectivity index (χ4v) is 0.975. The second-order valence-corrected chi connectivity index (χ2v) is 2.07. The van der Waals surface area contributed by atoms with Crippen molar-refractivity contribution in [2.75, 3.05) is 13.2 Å². The average molecular weight is 127 g/mol. The van der Waals surface area contributed by atoms with Crippen molar-refractivity contribution in [1.29, 1.82) is 0 Å². The molecule has 1 aliphatic heterocycles. The van der Waals surface area contributed by atoms with Crippen LogP contribution in [-0.2, 0) is 4.79 Å². The summed E-state index contributed by atoms with van der Waals surface area (Å²) >= 11 is 0. The molecule has 1 unspecified atom stereocenters. The maximum Gasteiger partial charge on any atom is 0.125 e. The van der Waals surface area contributed by atoms with Gasteiger partial charge < -0.3 is 10.4 Å². The Kier molecular flexibility index (Phi) is 2.01. The van der Waals surface area contributed by atoms with Gasteiger partial charge in [0, 0.05) is 12.1 Å². The minimum atomic E-state index is -0.123. The normalized spacial score (nSPS) is 26.3. The molecule has 1 fully saturated rings. The van der Waals surface area contributed by atoms with Gasteiger partial charge in [-0.05, 0) is 6.42 Å². The Labute approximate surface area is 53.4 Å². The van der Waals surface area contributed by atoms with E-state index >= 15 is 0 Å². The molecule has 0 amide bonds. The topological polar surface area (TPSA) is 49.3 Å². The zero-order valence-corrected chi connectivity index (χ0v) is 5.05. The summed E-state index contributed by atoms with van der Waals surface area (Å²) in [5, 5.41) is 11.6. The predicted octanol–water partition coefficient (Wildman–Crippen LogP) is -0.901. The lowest BCUT2D eigenvalue weighted by molar-refractivity contribution is 0.270. The van der Waals surface area contributed by atoms with Crippen LogP contribution >= 0.6 is 0 Å². The SMILES string of the molecule is O=C=C1CCNC1CO. The molecular formula is C6H9NO2. The van der Waals surface area contributed by atoms with E-state index in [-0.39, 0.29) is 12.6 Å². The van der Waals surface area contributed by atoms with E-state index in [2.05, 4.69) is 5.32 Å². The third-order valence-corrected chi connectivity index (χ3v) is 1.52. The average Bonchev–Trinajstić information content (AvgIpc) is 2.33. The molecule has 0 bridgehead atoms. The van der Waals surface area contributed by atoms with Gasteiger partial charge in [-0.25, -0.2) is 4.79 Å². The molecule has 1 heterocycles. The van der Waals surface area contributed by atoms with Gasteiger partial charge in [0.15, 0.2) is 0 Å². The van der Waals surface area contributed by atoms with Gasteiger partial charge >= 0.3 is 0 Å². The van der Waals surface area contributed by atoms with Crippen LogP contribution in [0.25, 0.3) is 0 Å². The molecule has 0 aromatic rings. The first-order valence-electron chi connectivity index (χ1n) is 2.96. The van der Waals surface area contributed by atoms with Crippen molar-refractivity contribution in [2.24, 2.45) is 0 Å². The summed E-state index contributed by atoms with van der Waals surface area (Å²) in [6.07, 6.45) is 0.731. The fourth-order valence-electron chi connectivity index (χ4n) is 0.975. The van der Waals surface area contributed by atoms with Crippen molar-refractivity contribution < 1.29 is 9.90 Å². The lowest BCUT2D eigenvalue weighted by Crippen LogP contribution is -2.26. The minimum absolute atomic E-state index is 0.00454. The van der Waals surface area contributed by atoms with Crippen LogP contribution in [0, 0.1) is 0 Å². The van der Waals surface area contributed by atoms with Crippen molar-refractivity contribution in [3.63, 3.8) is 0 Å². The summed E-state index contributed by atoms with van der Waals surface area (Å²) in [5.74, 6) is 1.81. The number of rotatable bonds is 1. The number of aliphatic hydroxyl groups excluding tert-OH is 1. The highest BCUT2D eigenvalue weighted by molar-refractivity contribution is 5.55. The molecule has 1 rings (SSSR count). The van der Waals surface area contributed by atoms with E-state index in [1.54, 1.807) is 0 Å². The van der Waals surface area contributed by atoms with Gasteiger partial charge in [0.2, 0.25) is 0 Å². The molecule has 9 heavy (non-hydrogen) atoms. The van der Waals surface area contributed by atoms with E-state index < -0.39 is 0 Å². The van der Waals surface area contributed by atoms with Crippen LogP contribution in [0.1, 0.15) is 6.42 Å². The highest BCUT2D eigenvalue weighted by atomic mass is 16.3. The Morgan fingerprint density at radius 3 is 3.11 bits per heavy atom. The first-order chi connectivity index (χ1) is 4.38. The Hall–Kier alpha value is -0.630. The molecule has 0 aromatic heterocycles. The van der Waals surface area contributed by atoms with E-state index in [4.69, 9.17) is 5.11 Å². The highest BCUT2D eigenvalue weighted by Gasteiger charge is 2.19. The van der Waals surface area contributed by atoms with E-state index in [0.717, 1.165) is 13.0 Å². The minimum Gasteiger partial charge on any atom is -0.394 e. The van der Waals surface area contributed by atoms with Crippen molar-refractivity contribution in [3.8, 4) is 0 Å². The van der Waals surface area contributed by atoms with Crippen LogP contribution in [0.4, 0.5) is 0 Å². The van der Waals surface area contributed by atoms with Gasteiger partial charge in [-0.1, -0.05) is 0 Å². The summed E-state index contributed by atoms with van der Waals surface area (Å²) in [5.41, 5.74) is 0.664. The molecule has 2 N–H and O–H groups in total. The monoisotopic (exact) mass is 127 g/mol. The van der Waals surface area contributed by atoms with Gasteiger partial charge in [-0.15, -0.1) is 0 Å². The summed E-state index contributed by atoms with van der Waals surface area (Å²) in [7, 11) is 0.